The Morgan fingerprint density at radius 1 is 1.25 bits per heavy atom. The minimum Gasteiger partial charge on any atom is -0.460 e. The van der Waals surface area contributed by atoms with E-state index in [2.05, 4.69) is 15.9 Å². The third-order valence-corrected chi connectivity index (χ3v) is 4.93. The van der Waals surface area contributed by atoms with Crippen molar-refractivity contribution in [3.05, 3.63) is 0 Å². The molecule has 0 unspecified atom stereocenters. The summed E-state index contributed by atoms with van der Waals surface area (Å²) >= 11 is 2.83. The van der Waals surface area contributed by atoms with Gasteiger partial charge in [0.05, 0.1) is 4.83 Å². The number of esters is 1. The maximum atomic E-state index is 13.0. The lowest BCUT2D eigenvalue weighted by molar-refractivity contribution is -0.320. The Morgan fingerprint density at radius 2 is 1.75 bits per heavy atom. The van der Waals surface area contributed by atoms with Gasteiger partial charge in [0.15, 0.2) is 0 Å². The molecule has 4 atom stereocenters. The van der Waals surface area contributed by atoms with Gasteiger partial charge in [-0.15, -0.1) is 0 Å². The molecular formula is C10H10BrF6NO2. The number of hydrogen-bond acceptors (Lipinski definition) is 3. The number of ether oxygens (including phenoxy) is 1. The number of halogens is 7. The number of carbonyl (C=O) groups excluding carboxylic acids is 1. The minimum atomic E-state index is -5.49. The van der Waals surface area contributed by atoms with Crippen LogP contribution in [0.15, 0.2) is 0 Å². The Labute approximate surface area is 118 Å². The summed E-state index contributed by atoms with van der Waals surface area (Å²) in [5, 5.41) is 1.61. The van der Waals surface area contributed by atoms with E-state index in [1.165, 1.54) is 0 Å². The molecule has 0 spiro atoms. The number of rotatable bonds is 1. The first-order valence-electron chi connectivity index (χ1n) is 5.64. The predicted octanol–water partition coefficient (Wildman–Crippen LogP) is 2.54. The first-order valence-corrected chi connectivity index (χ1v) is 6.56. The van der Waals surface area contributed by atoms with Crippen molar-refractivity contribution in [1.29, 1.82) is 0 Å². The minimum absolute atomic E-state index is 0.368. The molecule has 2 fully saturated rings. The van der Waals surface area contributed by atoms with Gasteiger partial charge in [0.25, 0.3) is 0 Å². The second-order valence-electron chi connectivity index (χ2n) is 4.92. The van der Waals surface area contributed by atoms with Gasteiger partial charge in [-0.25, -0.2) is 0 Å². The second-order valence-corrected chi connectivity index (χ2v) is 5.97. The number of hydrogen-bond donors (Lipinski definition) is 1. The zero-order valence-electron chi connectivity index (χ0n) is 9.98. The molecule has 1 aliphatic heterocycles. The van der Waals surface area contributed by atoms with Gasteiger partial charge in [-0.1, -0.05) is 15.9 Å². The summed E-state index contributed by atoms with van der Waals surface area (Å²) in [5.74, 6) is -2.53. The lowest BCUT2D eigenvalue weighted by atomic mass is 9.82. The molecule has 0 aromatic carbocycles. The van der Waals surface area contributed by atoms with E-state index in [0.29, 0.717) is 0 Å². The van der Waals surface area contributed by atoms with E-state index in [-0.39, 0.29) is 6.42 Å². The van der Waals surface area contributed by atoms with Crippen molar-refractivity contribution in [2.24, 2.45) is 5.92 Å². The van der Waals surface area contributed by atoms with E-state index in [4.69, 9.17) is 4.74 Å². The SMILES string of the molecule is CC(=O)O[C@H]1[C@H](Br)[C@@H]2C[C@H]1NC2(C(F)(F)F)C(F)(F)F. The van der Waals surface area contributed by atoms with Crippen LogP contribution in [0.4, 0.5) is 26.3 Å². The van der Waals surface area contributed by atoms with Crippen LogP contribution in [0.25, 0.3) is 0 Å². The Bertz CT molecular complexity index is 407. The van der Waals surface area contributed by atoms with E-state index >= 15 is 0 Å². The van der Waals surface area contributed by atoms with Crippen molar-refractivity contribution in [2.75, 3.05) is 0 Å². The number of alkyl halides is 7. The fourth-order valence-corrected chi connectivity index (χ4v) is 4.12. The van der Waals surface area contributed by atoms with Gasteiger partial charge < -0.3 is 4.74 Å². The Balaban J connectivity index is 2.37. The highest BCUT2D eigenvalue weighted by Crippen LogP contribution is 2.59. The predicted molar refractivity (Wildman–Crippen MR) is 58.1 cm³/mol. The molecule has 1 saturated carbocycles. The molecule has 1 saturated heterocycles. The molecule has 2 rings (SSSR count). The molecule has 20 heavy (non-hydrogen) atoms. The lowest BCUT2D eigenvalue weighted by Crippen LogP contribution is -2.73. The maximum absolute atomic E-state index is 13.0. The molecule has 0 radical (unpaired) electrons. The third-order valence-electron chi connectivity index (χ3n) is 3.77. The van der Waals surface area contributed by atoms with Crippen molar-refractivity contribution >= 4 is 21.9 Å². The molecule has 0 aromatic rings. The standard InChI is InChI=1S/C10H10BrF6NO2/c1-3(19)20-7-5-2-4(6(7)11)8(18-5,9(12,13)14)10(15,16)17/h4-7,18H,2H2,1H3/t4-,5+,6+,7+/m0/s1. The van der Waals surface area contributed by atoms with Crippen LogP contribution in [-0.2, 0) is 9.53 Å². The van der Waals surface area contributed by atoms with Gasteiger partial charge in [0, 0.05) is 18.9 Å². The molecule has 0 aromatic heterocycles. The monoisotopic (exact) mass is 369 g/mol. The largest absolute Gasteiger partial charge is 0.460 e. The first-order chi connectivity index (χ1) is 8.92. The number of nitrogens with one attached hydrogen (secondary N) is 1. The highest BCUT2D eigenvalue weighted by molar-refractivity contribution is 9.09. The van der Waals surface area contributed by atoms with Gasteiger partial charge in [0.2, 0.25) is 5.54 Å². The average molecular weight is 370 g/mol. The Kier molecular flexibility index (Phi) is 3.56. The van der Waals surface area contributed by atoms with Crippen molar-refractivity contribution in [3.63, 3.8) is 0 Å². The summed E-state index contributed by atoms with van der Waals surface area (Å²) in [7, 11) is 0. The van der Waals surface area contributed by atoms with Crippen LogP contribution in [0.2, 0.25) is 0 Å². The molecule has 3 nitrogen and oxygen atoms in total. The lowest BCUT2D eigenvalue weighted by Gasteiger charge is -2.44. The molecule has 2 bridgehead atoms. The van der Waals surface area contributed by atoms with Crippen molar-refractivity contribution in [3.8, 4) is 0 Å². The van der Waals surface area contributed by atoms with Gasteiger partial charge in [-0.2, -0.15) is 26.3 Å². The fourth-order valence-electron chi connectivity index (χ4n) is 3.03. The molecule has 1 N–H and O–H groups in total. The van der Waals surface area contributed by atoms with E-state index in [1.807, 2.05) is 0 Å². The number of fused-ring (bicyclic) bond motifs is 2. The summed E-state index contributed by atoms with van der Waals surface area (Å²) in [6, 6.07) is -1.18. The average Bonchev–Trinajstić information content (AvgIpc) is 2.74. The van der Waals surface area contributed by atoms with E-state index in [1.54, 1.807) is 5.32 Å². The molecule has 2 aliphatic rings. The summed E-state index contributed by atoms with van der Waals surface area (Å²) < 4.78 is 82.9. The van der Waals surface area contributed by atoms with Gasteiger partial charge in [-0.05, 0) is 6.42 Å². The summed E-state index contributed by atoms with van der Waals surface area (Å²) in [4.78, 5) is 9.65. The summed E-state index contributed by atoms with van der Waals surface area (Å²) in [6.07, 6.45) is -12.4. The van der Waals surface area contributed by atoms with Gasteiger partial charge >= 0.3 is 18.3 Å². The van der Waals surface area contributed by atoms with Gasteiger partial charge in [-0.3, -0.25) is 10.1 Å². The quantitative estimate of drug-likeness (QED) is 0.438. The van der Waals surface area contributed by atoms with Crippen LogP contribution < -0.4 is 5.32 Å². The molecule has 10 heteroatoms. The first kappa shape index (κ1) is 15.9. The Morgan fingerprint density at radius 3 is 2.10 bits per heavy atom. The summed E-state index contributed by atoms with van der Waals surface area (Å²) in [6.45, 7) is 1.05. The van der Waals surface area contributed by atoms with Crippen LogP contribution in [0.5, 0.6) is 0 Å². The highest BCUT2D eigenvalue weighted by atomic mass is 79.9. The third kappa shape index (κ3) is 2.02. The van der Waals surface area contributed by atoms with Crippen LogP contribution in [0.3, 0.4) is 0 Å². The second kappa shape index (κ2) is 4.49. The molecule has 0 amide bonds. The zero-order valence-corrected chi connectivity index (χ0v) is 11.6. The zero-order chi connectivity index (χ0) is 15.5. The van der Waals surface area contributed by atoms with Crippen LogP contribution in [-0.4, -0.2) is 40.8 Å². The molecule has 1 aliphatic carbocycles. The maximum Gasteiger partial charge on any atom is 0.415 e. The van der Waals surface area contributed by atoms with Crippen molar-refractivity contribution < 1.29 is 35.9 Å². The van der Waals surface area contributed by atoms with E-state index < -0.39 is 46.8 Å². The van der Waals surface area contributed by atoms with Crippen LogP contribution in [0.1, 0.15) is 13.3 Å². The van der Waals surface area contributed by atoms with Crippen LogP contribution in [0, 0.1) is 5.92 Å². The summed E-state index contributed by atoms with van der Waals surface area (Å²) in [5.41, 5.74) is -3.96. The number of piperidine rings is 1. The van der Waals surface area contributed by atoms with Crippen molar-refractivity contribution in [2.45, 2.75) is 48.2 Å². The van der Waals surface area contributed by atoms with Gasteiger partial charge in [0.1, 0.15) is 6.10 Å². The van der Waals surface area contributed by atoms with E-state index in [9.17, 15) is 31.1 Å². The fraction of sp³-hybridized carbons (Fsp3) is 0.900. The topological polar surface area (TPSA) is 38.3 Å². The van der Waals surface area contributed by atoms with Crippen molar-refractivity contribution in [1.82, 2.24) is 5.32 Å². The molecular weight excluding hydrogens is 360 g/mol. The smallest absolute Gasteiger partial charge is 0.415 e. The molecule has 116 valence electrons. The normalized spacial score (nSPS) is 36.2. The highest BCUT2D eigenvalue weighted by Gasteiger charge is 2.81. The molecule has 1 heterocycles. The van der Waals surface area contributed by atoms with Crippen LogP contribution >= 0.6 is 15.9 Å². The Hall–Kier alpha value is -0.510. The van der Waals surface area contributed by atoms with E-state index in [0.717, 1.165) is 6.92 Å². The number of carbonyl (C=O) groups is 1.